The van der Waals surface area contributed by atoms with Crippen molar-refractivity contribution in [3.8, 4) is 0 Å². The van der Waals surface area contributed by atoms with Crippen LogP contribution in [0.15, 0.2) is 53.5 Å². The normalized spacial score (nSPS) is 20.2. The number of benzene rings is 2. The highest BCUT2D eigenvalue weighted by Gasteiger charge is 2.42. The molecule has 1 fully saturated rings. The number of carbonyl (C=O) groups is 2. The second kappa shape index (κ2) is 9.85. The average Bonchev–Trinajstić information content (AvgIpc) is 3.27. The number of carbonyl (C=O) groups excluding carboxylic acids is 2. The zero-order chi connectivity index (χ0) is 22.7. The van der Waals surface area contributed by atoms with Gasteiger partial charge in [-0.2, -0.15) is 0 Å². The number of para-hydroxylation sites is 1. The molecule has 8 heteroatoms. The lowest BCUT2D eigenvalue weighted by atomic mass is 10.0. The lowest BCUT2D eigenvalue weighted by Crippen LogP contribution is -2.50. The van der Waals surface area contributed by atoms with Crippen LogP contribution in [0.25, 0.3) is 0 Å². The van der Waals surface area contributed by atoms with Crippen LogP contribution in [0.1, 0.15) is 25.0 Å². The van der Waals surface area contributed by atoms with Crippen LogP contribution in [0, 0.1) is 12.8 Å². The molecule has 2 aliphatic rings. The van der Waals surface area contributed by atoms with E-state index in [1.165, 1.54) is 11.8 Å². The molecule has 2 aliphatic heterocycles. The third kappa shape index (κ3) is 4.44. The van der Waals surface area contributed by atoms with Gasteiger partial charge in [0.1, 0.15) is 6.17 Å². The molecule has 168 valence electrons. The first-order chi connectivity index (χ1) is 15.5. The minimum absolute atomic E-state index is 0.00406. The number of anilines is 2. The van der Waals surface area contributed by atoms with Crippen LogP contribution in [0.4, 0.5) is 11.4 Å². The van der Waals surface area contributed by atoms with Gasteiger partial charge in [0.25, 0.3) is 0 Å². The Morgan fingerprint density at radius 1 is 1.22 bits per heavy atom. The summed E-state index contributed by atoms with van der Waals surface area (Å²) in [6.45, 7) is 7.16. The number of amides is 2. The maximum atomic E-state index is 13.4. The van der Waals surface area contributed by atoms with Gasteiger partial charge in [-0.25, -0.2) is 10.4 Å². The van der Waals surface area contributed by atoms with Crippen molar-refractivity contribution in [1.82, 2.24) is 10.9 Å². The van der Waals surface area contributed by atoms with Crippen LogP contribution in [0.2, 0.25) is 0 Å². The van der Waals surface area contributed by atoms with Gasteiger partial charge < -0.3 is 4.90 Å². The van der Waals surface area contributed by atoms with Gasteiger partial charge in [-0.3, -0.25) is 19.9 Å². The van der Waals surface area contributed by atoms with E-state index in [9.17, 15) is 9.59 Å². The summed E-state index contributed by atoms with van der Waals surface area (Å²) in [4.78, 5) is 34.8. The number of nitrogens with one attached hydrogen (secondary N) is 2. The van der Waals surface area contributed by atoms with Gasteiger partial charge in [-0.1, -0.05) is 49.0 Å². The molecule has 2 atom stereocenters. The Morgan fingerprint density at radius 3 is 2.78 bits per heavy atom. The first kappa shape index (κ1) is 22.5. The number of aryl methyl sites for hydroxylation is 2. The standard InChI is InChI=1S/C24H29N5O2S/c1-4-17-10-6-7-12-20(17)29-23(31)19-14-25-27-22(19)26-24(29)32-15-21(30)28(5-2)18-11-8-9-16(3)13-18/h6-13,19,22,25,27H,4-5,14-15H2,1-3H3. The second-order valence-corrected chi connectivity index (χ2v) is 8.85. The van der Waals surface area contributed by atoms with Crippen LogP contribution in [-0.2, 0) is 16.0 Å². The maximum Gasteiger partial charge on any atom is 0.241 e. The summed E-state index contributed by atoms with van der Waals surface area (Å²) >= 11 is 1.32. The molecule has 2 N–H and O–H groups in total. The summed E-state index contributed by atoms with van der Waals surface area (Å²) in [7, 11) is 0. The Labute approximate surface area is 193 Å². The van der Waals surface area contributed by atoms with Crippen molar-refractivity contribution in [1.29, 1.82) is 0 Å². The zero-order valence-corrected chi connectivity index (χ0v) is 19.5. The summed E-state index contributed by atoms with van der Waals surface area (Å²) in [6.07, 6.45) is 0.488. The van der Waals surface area contributed by atoms with E-state index in [1.807, 2.05) is 62.4 Å². The highest BCUT2D eigenvalue weighted by Crippen LogP contribution is 2.32. The molecular formula is C24H29N5O2S. The molecule has 2 amide bonds. The Kier molecular flexibility index (Phi) is 6.93. The monoisotopic (exact) mass is 451 g/mol. The first-order valence-electron chi connectivity index (χ1n) is 11.0. The highest BCUT2D eigenvalue weighted by molar-refractivity contribution is 8.14. The molecule has 7 nitrogen and oxygen atoms in total. The van der Waals surface area contributed by atoms with Crippen LogP contribution in [0.3, 0.4) is 0 Å². The second-order valence-electron chi connectivity index (χ2n) is 7.91. The van der Waals surface area contributed by atoms with Gasteiger partial charge in [-0.15, -0.1) is 0 Å². The molecule has 2 heterocycles. The summed E-state index contributed by atoms with van der Waals surface area (Å²) in [5.41, 5.74) is 10.0. The van der Waals surface area contributed by atoms with Crippen LogP contribution in [-0.4, -0.2) is 42.0 Å². The molecular weight excluding hydrogens is 422 g/mol. The Morgan fingerprint density at radius 2 is 2.03 bits per heavy atom. The Bertz CT molecular complexity index is 1040. The fourth-order valence-electron chi connectivity index (χ4n) is 4.12. The van der Waals surface area contributed by atoms with Crippen LogP contribution >= 0.6 is 11.8 Å². The maximum absolute atomic E-state index is 13.4. The summed E-state index contributed by atoms with van der Waals surface area (Å²) < 4.78 is 0. The smallest absolute Gasteiger partial charge is 0.241 e. The molecule has 0 aromatic heterocycles. The lowest BCUT2D eigenvalue weighted by molar-refractivity contribution is -0.121. The predicted octanol–water partition coefficient (Wildman–Crippen LogP) is 3.10. The molecule has 1 saturated heterocycles. The van der Waals surface area contributed by atoms with Crippen molar-refractivity contribution in [2.24, 2.45) is 10.9 Å². The average molecular weight is 452 g/mol. The van der Waals surface area contributed by atoms with E-state index < -0.39 is 0 Å². The van der Waals surface area contributed by atoms with Gasteiger partial charge >= 0.3 is 0 Å². The number of fused-ring (bicyclic) bond motifs is 1. The molecule has 0 saturated carbocycles. The molecule has 4 rings (SSSR count). The van der Waals surface area contributed by atoms with Crippen LogP contribution < -0.4 is 20.7 Å². The van der Waals surface area contributed by atoms with Crippen molar-refractivity contribution in [3.05, 3.63) is 59.7 Å². The molecule has 0 aliphatic carbocycles. The number of hydrazine groups is 1. The van der Waals surface area contributed by atoms with Crippen molar-refractivity contribution in [2.45, 2.75) is 33.4 Å². The molecule has 2 unspecified atom stereocenters. The quantitative estimate of drug-likeness (QED) is 0.706. The van der Waals surface area contributed by atoms with Crippen molar-refractivity contribution >= 4 is 40.1 Å². The van der Waals surface area contributed by atoms with Gasteiger partial charge in [0.05, 0.1) is 17.4 Å². The van der Waals surface area contributed by atoms with E-state index in [2.05, 4.69) is 17.8 Å². The number of aliphatic imine (C=N–C) groups is 1. The van der Waals surface area contributed by atoms with E-state index in [-0.39, 0.29) is 29.7 Å². The van der Waals surface area contributed by atoms with E-state index in [4.69, 9.17) is 4.99 Å². The lowest BCUT2D eigenvalue weighted by Gasteiger charge is -2.33. The van der Waals surface area contributed by atoms with Gasteiger partial charge in [0.15, 0.2) is 5.17 Å². The summed E-state index contributed by atoms with van der Waals surface area (Å²) in [5, 5.41) is 0.557. The Balaban J connectivity index is 1.59. The van der Waals surface area contributed by atoms with Crippen molar-refractivity contribution in [3.63, 3.8) is 0 Å². The third-order valence-electron chi connectivity index (χ3n) is 5.80. The van der Waals surface area contributed by atoms with Gasteiger partial charge in [-0.05, 0) is 49.6 Å². The SMILES string of the molecule is CCc1ccccc1N1C(=O)C2CNNC2N=C1SCC(=O)N(CC)c1cccc(C)c1. The van der Waals surface area contributed by atoms with Gasteiger partial charge in [0, 0.05) is 18.8 Å². The molecule has 32 heavy (non-hydrogen) atoms. The number of nitrogens with zero attached hydrogens (tertiary/aromatic N) is 3. The molecule has 0 radical (unpaired) electrons. The number of rotatable bonds is 6. The largest absolute Gasteiger partial charge is 0.312 e. The topological polar surface area (TPSA) is 77.0 Å². The van der Waals surface area contributed by atoms with E-state index in [0.717, 1.165) is 28.9 Å². The molecule has 0 spiro atoms. The molecule has 2 aromatic rings. The van der Waals surface area contributed by atoms with E-state index in [0.29, 0.717) is 18.3 Å². The van der Waals surface area contributed by atoms with E-state index >= 15 is 0 Å². The first-order valence-corrected chi connectivity index (χ1v) is 12.0. The van der Waals surface area contributed by atoms with Gasteiger partial charge in [0.2, 0.25) is 11.8 Å². The van der Waals surface area contributed by atoms with E-state index in [1.54, 1.807) is 9.80 Å². The number of hydrogen-bond acceptors (Lipinski definition) is 6. The zero-order valence-electron chi connectivity index (χ0n) is 18.7. The van der Waals surface area contributed by atoms with Crippen LogP contribution in [0.5, 0.6) is 0 Å². The summed E-state index contributed by atoms with van der Waals surface area (Å²) in [5.74, 6) is -0.0749. The fraction of sp³-hybridized carbons (Fsp3) is 0.375. The number of amidine groups is 1. The van der Waals surface area contributed by atoms with Crippen molar-refractivity contribution in [2.75, 3.05) is 28.6 Å². The predicted molar refractivity (Wildman–Crippen MR) is 131 cm³/mol. The van der Waals surface area contributed by atoms with Crippen molar-refractivity contribution < 1.29 is 9.59 Å². The highest BCUT2D eigenvalue weighted by atomic mass is 32.2. The summed E-state index contributed by atoms with van der Waals surface area (Å²) in [6, 6.07) is 15.8. The minimum atomic E-state index is -0.316. The Hall–Kier alpha value is -2.68. The number of hydrogen-bond donors (Lipinski definition) is 2. The number of thioether (sulfide) groups is 1. The fourth-order valence-corrected chi connectivity index (χ4v) is 5.04. The molecule has 0 bridgehead atoms. The minimum Gasteiger partial charge on any atom is -0.312 e. The molecule has 2 aromatic carbocycles. The third-order valence-corrected chi connectivity index (χ3v) is 6.74.